The molecule has 2 nitrogen and oxygen atoms in total. The number of hydrogen-bond acceptors (Lipinski definition) is 2. The summed E-state index contributed by atoms with van der Waals surface area (Å²) in [4.78, 5) is 13.4. The molecule has 64 valence electrons. The van der Waals surface area contributed by atoms with Gasteiger partial charge in [-0.25, -0.2) is 13.2 Å². The lowest BCUT2D eigenvalue weighted by Gasteiger charge is -2.02. The Hall–Kier alpha value is -1.39. The first-order valence-corrected chi connectivity index (χ1v) is 3.03. The van der Waals surface area contributed by atoms with E-state index in [1.165, 1.54) is 0 Å². The van der Waals surface area contributed by atoms with Gasteiger partial charge in [-0.05, 0) is 0 Å². The second kappa shape index (κ2) is 3.34. The average molecular weight is 175 g/mol. The second-order valence-electron chi connectivity index (χ2n) is 2.04. The first-order valence-electron chi connectivity index (χ1n) is 3.03. The molecule has 0 saturated heterocycles. The Bertz CT molecular complexity index is 301. The molecule has 0 aliphatic rings. The van der Waals surface area contributed by atoms with Crippen molar-refractivity contribution in [1.82, 2.24) is 4.98 Å². The Morgan fingerprint density at radius 2 is 2.08 bits per heavy atom. The third-order valence-corrected chi connectivity index (χ3v) is 1.31. The first kappa shape index (κ1) is 8.70. The van der Waals surface area contributed by atoms with Crippen LogP contribution in [0.15, 0.2) is 12.4 Å². The van der Waals surface area contributed by atoms with Crippen LogP contribution in [0.4, 0.5) is 13.2 Å². The fourth-order valence-corrected chi connectivity index (χ4v) is 0.784. The Morgan fingerprint density at radius 3 is 2.50 bits per heavy atom. The van der Waals surface area contributed by atoms with E-state index in [1.54, 1.807) is 0 Å². The van der Waals surface area contributed by atoms with Crippen molar-refractivity contribution in [2.75, 3.05) is 0 Å². The van der Waals surface area contributed by atoms with E-state index < -0.39 is 23.4 Å². The maximum Gasteiger partial charge on any atom is 0.267 e. The van der Waals surface area contributed by atoms with Gasteiger partial charge in [0.2, 0.25) is 0 Å². The van der Waals surface area contributed by atoms with E-state index in [9.17, 15) is 18.0 Å². The Balaban J connectivity index is 3.29. The second-order valence-corrected chi connectivity index (χ2v) is 2.04. The van der Waals surface area contributed by atoms with Crippen molar-refractivity contribution in [3.63, 3.8) is 0 Å². The minimum Gasteiger partial charge on any atom is -0.298 e. The van der Waals surface area contributed by atoms with Gasteiger partial charge in [0.25, 0.3) is 6.43 Å². The van der Waals surface area contributed by atoms with Crippen LogP contribution in [0.3, 0.4) is 0 Å². The van der Waals surface area contributed by atoms with Crippen LogP contribution in [-0.4, -0.2) is 11.3 Å². The van der Waals surface area contributed by atoms with Gasteiger partial charge < -0.3 is 0 Å². The molecule has 0 fully saturated rings. The lowest BCUT2D eigenvalue weighted by Crippen LogP contribution is -1.98. The zero-order valence-corrected chi connectivity index (χ0v) is 5.80. The van der Waals surface area contributed by atoms with Crippen molar-refractivity contribution >= 4 is 6.29 Å². The average Bonchev–Trinajstić information content (AvgIpc) is 2.03. The van der Waals surface area contributed by atoms with Crippen LogP contribution < -0.4 is 0 Å². The van der Waals surface area contributed by atoms with E-state index in [-0.39, 0.29) is 6.29 Å². The van der Waals surface area contributed by atoms with Crippen LogP contribution in [0.1, 0.15) is 22.3 Å². The van der Waals surface area contributed by atoms with Gasteiger partial charge in [0, 0.05) is 11.8 Å². The van der Waals surface area contributed by atoms with Gasteiger partial charge in [-0.3, -0.25) is 9.78 Å². The number of carbonyl (C=O) groups is 1. The number of alkyl halides is 2. The van der Waals surface area contributed by atoms with E-state index >= 15 is 0 Å². The number of aromatic nitrogens is 1. The predicted molar refractivity (Wildman–Crippen MR) is 34.5 cm³/mol. The zero-order valence-electron chi connectivity index (χ0n) is 5.80. The fourth-order valence-electron chi connectivity index (χ4n) is 0.784. The summed E-state index contributed by atoms with van der Waals surface area (Å²) in [6.07, 6.45) is -1.29. The molecule has 0 radical (unpaired) electrons. The molecular formula is C7H4F3NO. The van der Waals surface area contributed by atoms with Crippen LogP contribution in [0.5, 0.6) is 0 Å². The predicted octanol–water partition coefficient (Wildman–Crippen LogP) is 1.97. The highest BCUT2D eigenvalue weighted by atomic mass is 19.3. The number of rotatable bonds is 2. The van der Waals surface area contributed by atoms with Crippen molar-refractivity contribution in [1.29, 1.82) is 0 Å². The summed E-state index contributed by atoms with van der Waals surface area (Å²) in [5.74, 6) is -1.16. The number of hydrogen-bond donors (Lipinski definition) is 0. The molecule has 1 aromatic heterocycles. The van der Waals surface area contributed by atoms with E-state index in [1.807, 2.05) is 0 Å². The summed E-state index contributed by atoms with van der Waals surface area (Å²) in [7, 11) is 0. The SMILES string of the molecule is O=Cc1cncc(F)c1C(F)F. The van der Waals surface area contributed by atoms with Gasteiger partial charge in [-0.2, -0.15) is 0 Å². The van der Waals surface area contributed by atoms with Crippen molar-refractivity contribution in [3.05, 3.63) is 29.3 Å². The maximum absolute atomic E-state index is 12.6. The number of carbonyl (C=O) groups excluding carboxylic acids is 1. The molecule has 0 amide bonds. The van der Waals surface area contributed by atoms with Gasteiger partial charge >= 0.3 is 0 Å². The highest BCUT2D eigenvalue weighted by Gasteiger charge is 2.17. The lowest BCUT2D eigenvalue weighted by atomic mass is 10.1. The smallest absolute Gasteiger partial charge is 0.267 e. The summed E-state index contributed by atoms with van der Waals surface area (Å²) < 4.78 is 36.7. The quantitative estimate of drug-likeness (QED) is 0.643. The van der Waals surface area contributed by atoms with E-state index in [0.717, 1.165) is 6.20 Å². The van der Waals surface area contributed by atoms with E-state index in [4.69, 9.17) is 0 Å². The molecule has 0 unspecified atom stereocenters. The summed E-state index contributed by atoms with van der Waals surface area (Å²) >= 11 is 0. The molecule has 1 heterocycles. The van der Waals surface area contributed by atoms with Crippen molar-refractivity contribution in [2.45, 2.75) is 6.43 Å². The Labute approximate surface area is 66.0 Å². The molecule has 0 aromatic carbocycles. The molecule has 0 N–H and O–H groups in total. The molecule has 12 heavy (non-hydrogen) atoms. The molecule has 0 aliphatic heterocycles. The van der Waals surface area contributed by atoms with Crippen LogP contribution in [-0.2, 0) is 0 Å². The lowest BCUT2D eigenvalue weighted by molar-refractivity contribution is 0.110. The van der Waals surface area contributed by atoms with Gasteiger partial charge in [-0.15, -0.1) is 0 Å². The van der Waals surface area contributed by atoms with Crippen LogP contribution in [0.2, 0.25) is 0 Å². The van der Waals surface area contributed by atoms with Gasteiger partial charge in [-0.1, -0.05) is 0 Å². The zero-order chi connectivity index (χ0) is 9.14. The van der Waals surface area contributed by atoms with Crippen molar-refractivity contribution < 1.29 is 18.0 Å². The molecular weight excluding hydrogens is 171 g/mol. The molecule has 0 saturated carbocycles. The first-order chi connectivity index (χ1) is 5.66. The Morgan fingerprint density at radius 1 is 1.42 bits per heavy atom. The van der Waals surface area contributed by atoms with Gasteiger partial charge in [0.05, 0.1) is 11.8 Å². The molecule has 5 heteroatoms. The Kier molecular flexibility index (Phi) is 2.42. The van der Waals surface area contributed by atoms with Crippen LogP contribution >= 0.6 is 0 Å². The van der Waals surface area contributed by atoms with Crippen LogP contribution in [0.25, 0.3) is 0 Å². The van der Waals surface area contributed by atoms with E-state index in [2.05, 4.69) is 4.98 Å². The maximum atomic E-state index is 12.6. The standard InChI is InChI=1S/C7H4F3NO/c8-5-2-11-1-4(3-12)6(5)7(9)10/h1-3,7H. The monoisotopic (exact) mass is 175 g/mol. The molecule has 0 bridgehead atoms. The summed E-state index contributed by atoms with van der Waals surface area (Å²) in [6, 6.07) is 0. The molecule has 1 rings (SSSR count). The number of halogens is 3. The summed E-state index contributed by atoms with van der Waals surface area (Å²) in [5, 5.41) is 0. The largest absolute Gasteiger partial charge is 0.298 e. The summed E-state index contributed by atoms with van der Waals surface area (Å²) in [6.45, 7) is 0. The molecule has 0 aliphatic carbocycles. The minimum absolute atomic E-state index is 0.150. The van der Waals surface area contributed by atoms with Gasteiger partial charge in [0.15, 0.2) is 12.1 Å². The minimum atomic E-state index is -2.99. The molecule has 0 spiro atoms. The third-order valence-electron chi connectivity index (χ3n) is 1.31. The van der Waals surface area contributed by atoms with Crippen LogP contribution in [0, 0.1) is 5.82 Å². The number of nitrogens with zero attached hydrogens (tertiary/aromatic N) is 1. The van der Waals surface area contributed by atoms with Crippen molar-refractivity contribution in [3.8, 4) is 0 Å². The normalized spacial score (nSPS) is 10.3. The topological polar surface area (TPSA) is 30.0 Å². The summed E-state index contributed by atoms with van der Waals surface area (Å²) in [5.41, 5.74) is -1.30. The van der Waals surface area contributed by atoms with Crippen molar-refractivity contribution in [2.24, 2.45) is 0 Å². The highest BCUT2D eigenvalue weighted by molar-refractivity contribution is 5.76. The van der Waals surface area contributed by atoms with E-state index in [0.29, 0.717) is 6.20 Å². The molecule has 0 atom stereocenters. The number of pyridine rings is 1. The van der Waals surface area contributed by atoms with Gasteiger partial charge in [0.1, 0.15) is 0 Å². The highest BCUT2D eigenvalue weighted by Crippen LogP contribution is 2.23. The third kappa shape index (κ3) is 1.44. The molecule has 1 aromatic rings. The fraction of sp³-hybridized carbons (Fsp3) is 0.143. The number of aldehydes is 1.